The van der Waals surface area contributed by atoms with Crippen molar-refractivity contribution in [1.82, 2.24) is 4.90 Å². The molecule has 1 aliphatic carbocycles. The van der Waals surface area contributed by atoms with Gasteiger partial charge in [0.1, 0.15) is 0 Å². The molecule has 0 aromatic heterocycles. The van der Waals surface area contributed by atoms with Gasteiger partial charge >= 0.3 is 6.03 Å². The van der Waals surface area contributed by atoms with E-state index in [1.165, 1.54) is 11.1 Å². The average Bonchev–Trinajstić information content (AvgIpc) is 3.00. The number of aryl methyl sites for hydroxylation is 3. The Morgan fingerprint density at radius 2 is 1.88 bits per heavy atom. The molecule has 2 N–H and O–H groups in total. The number of rotatable bonds is 4. The highest BCUT2D eigenvalue weighted by Gasteiger charge is 2.30. The van der Waals surface area contributed by atoms with Crippen molar-refractivity contribution in [1.29, 1.82) is 0 Å². The molecule has 1 atom stereocenters. The lowest BCUT2D eigenvalue weighted by Crippen LogP contribution is -2.39. The Kier molecular flexibility index (Phi) is 4.86. The third-order valence-electron chi connectivity index (χ3n) is 4.79. The van der Waals surface area contributed by atoms with E-state index in [-0.39, 0.29) is 18.7 Å². The van der Waals surface area contributed by atoms with Gasteiger partial charge in [-0.3, -0.25) is 0 Å². The molecule has 126 valence electrons. The lowest BCUT2D eigenvalue weighted by atomic mass is 10.1. The molecule has 3 rings (SSSR count). The molecule has 0 heterocycles. The first-order valence-electron chi connectivity index (χ1n) is 8.44. The van der Waals surface area contributed by atoms with Crippen LogP contribution in [0.5, 0.6) is 0 Å². The fourth-order valence-corrected chi connectivity index (χ4v) is 3.56. The highest BCUT2D eigenvalue weighted by molar-refractivity contribution is 5.91. The third-order valence-corrected chi connectivity index (χ3v) is 4.79. The summed E-state index contributed by atoms with van der Waals surface area (Å²) in [4.78, 5) is 14.7. The normalized spacial score (nSPS) is 15.9. The maximum atomic E-state index is 12.9. The lowest BCUT2D eigenvalue weighted by Gasteiger charge is -2.30. The van der Waals surface area contributed by atoms with Gasteiger partial charge in [-0.15, -0.1) is 0 Å². The van der Waals surface area contributed by atoms with E-state index in [0.717, 1.165) is 29.7 Å². The molecule has 0 bridgehead atoms. The molecule has 4 nitrogen and oxygen atoms in total. The number of fused-ring (bicyclic) bond motifs is 1. The Morgan fingerprint density at radius 3 is 2.58 bits per heavy atom. The molecule has 0 saturated heterocycles. The summed E-state index contributed by atoms with van der Waals surface area (Å²) in [5.41, 5.74) is 5.43. The van der Waals surface area contributed by atoms with Gasteiger partial charge in [0, 0.05) is 12.2 Å². The van der Waals surface area contributed by atoms with Gasteiger partial charge in [-0.2, -0.15) is 0 Å². The van der Waals surface area contributed by atoms with Crippen LogP contribution >= 0.6 is 0 Å². The standard InChI is InChI=1S/C20H24N2O2/c1-14-6-5-7-15(2)19(14)21-20(24)22(12-13-23)18-11-10-16-8-3-4-9-17(16)18/h3-9,18,23H,10-13H2,1-2H3,(H,21,24). The number of nitrogens with zero attached hydrogens (tertiary/aromatic N) is 1. The van der Waals surface area contributed by atoms with E-state index in [0.29, 0.717) is 6.54 Å². The molecule has 0 radical (unpaired) electrons. The van der Waals surface area contributed by atoms with Gasteiger partial charge in [0.2, 0.25) is 0 Å². The summed E-state index contributed by atoms with van der Waals surface area (Å²) in [6.45, 7) is 4.27. The zero-order chi connectivity index (χ0) is 17.1. The van der Waals surface area contributed by atoms with Crippen LogP contribution in [0, 0.1) is 13.8 Å². The van der Waals surface area contributed by atoms with Gasteiger partial charge in [0.05, 0.1) is 12.6 Å². The summed E-state index contributed by atoms with van der Waals surface area (Å²) in [7, 11) is 0. The van der Waals surface area contributed by atoms with Crippen molar-refractivity contribution in [2.24, 2.45) is 0 Å². The molecule has 0 fully saturated rings. The highest BCUT2D eigenvalue weighted by atomic mass is 16.3. The summed E-state index contributed by atoms with van der Waals surface area (Å²) in [5, 5.41) is 12.5. The first-order valence-corrected chi connectivity index (χ1v) is 8.44. The molecular weight excluding hydrogens is 300 g/mol. The monoisotopic (exact) mass is 324 g/mol. The van der Waals surface area contributed by atoms with Crippen molar-refractivity contribution in [2.45, 2.75) is 32.7 Å². The number of carbonyl (C=O) groups is 1. The van der Waals surface area contributed by atoms with Crippen LogP contribution in [0.1, 0.15) is 34.7 Å². The van der Waals surface area contributed by atoms with E-state index in [9.17, 15) is 9.90 Å². The number of amides is 2. The molecule has 0 spiro atoms. The van der Waals surface area contributed by atoms with Crippen LogP contribution in [-0.2, 0) is 6.42 Å². The zero-order valence-corrected chi connectivity index (χ0v) is 14.2. The topological polar surface area (TPSA) is 52.6 Å². The zero-order valence-electron chi connectivity index (χ0n) is 14.2. The second-order valence-electron chi connectivity index (χ2n) is 6.37. The highest BCUT2D eigenvalue weighted by Crippen LogP contribution is 2.36. The summed E-state index contributed by atoms with van der Waals surface area (Å²) < 4.78 is 0. The summed E-state index contributed by atoms with van der Waals surface area (Å²) in [5.74, 6) is 0. The average molecular weight is 324 g/mol. The van der Waals surface area contributed by atoms with Crippen LogP contribution in [-0.4, -0.2) is 29.2 Å². The molecule has 2 amide bonds. The van der Waals surface area contributed by atoms with E-state index in [1.807, 2.05) is 44.2 Å². The number of para-hydroxylation sites is 1. The number of benzene rings is 2. The maximum absolute atomic E-state index is 12.9. The molecule has 24 heavy (non-hydrogen) atoms. The third kappa shape index (κ3) is 3.15. The minimum absolute atomic E-state index is 0.0256. The number of hydrogen-bond acceptors (Lipinski definition) is 2. The maximum Gasteiger partial charge on any atom is 0.322 e. The van der Waals surface area contributed by atoms with Gasteiger partial charge < -0.3 is 15.3 Å². The van der Waals surface area contributed by atoms with Crippen molar-refractivity contribution in [3.8, 4) is 0 Å². The first-order chi connectivity index (χ1) is 11.6. The minimum atomic E-state index is -0.150. The molecule has 1 aliphatic rings. The fourth-order valence-electron chi connectivity index (χ4n) is 3.56. The van der Waals surface area contributed by atoms with Crippen molar-refractivity contribution in [3.05, 3.63) is 64.7 Å². The molecule has 4 heteroatoms. The molecule has 0 aliphatic heterocycles. The smallest absolute Gasteiger partial charge is 0.322 e. The number of urea groups is 1. The molecule has 0 saturated carbocycles. The Balaban J connectivity index is 1.85. The van der Waals surface area contributed by atoms with Gasteiger partial charge in [-0.25, -0.2) is 4.79 Å². The predicted octanol–water partition coefficient (Wildman–Crippen LogP) is 3.82. The second kappa shape index (κ2) is 7.05. The van der Waals surface area contributed by atoms with Crippen molar-refractivity contribution in [2.75, 3.05) is 18.5 Å². The number of hydrogen-bond donors (Lipinski definition) is 2. The van der Waals surface area contributed by atoms with Crippen LogP contribution in [0.3, 0.4) is 0 Å². The van der Waals surface area contributed by atoms with Crippen molar-refractivity contribution in [3.63, 3.8) is 0 Å². The van der Waals surface area contributed by atoms with E-state index in [1.54, 1.807) is 4.90 Å². The quantitative estimate of drug-likeness (QED) is 0.898. The SMILES string of the molecule is Cc1cccc(C)c1NC(=O)N(CCO)C1CCc2ccccc21. The minimum Gasteiger partial charge on any atom is -0.395 e. The van der Waals surface area contributed by atoms with Crippen molar-refractivity contribution >= 4 is 11.7 Å². The Bertz CT molecular complexity index is 722. The first kappa shape index (κ1) is 16.5. The Hall–Kier alpha value is -2.33. The van der Waals surface area contributed by atoms with Gasteiger partial charge in [-0.05, 0) is 48.9 Å². The largest absolute Gasteiger partial charge is 0.395 e. The van der Waals surface area contributed by atoms with Crippen LogP contribution in [0.15, 0.2) is 42.5 Å². The number of aliphatic hydroxyl groups excluding tert-OH is 1. The van der Waals surface area contributed by atoms with Gasteiger partial charge in [0.25, 0.3) is 0 Å². The number of carbonyl (C=O) groups excluding carboxylic acids is 1. The Labute approximate surface area is 143 Å². The predicted molar refractivity (Wildman–Crippen MR) is 96.2 cm³/mol. The fraction of sp³-hybridized carbons (Fsp3) is 0.350. The summed E-state index contributed by atoms with van der Waals surface area (Å²) in [6, 6.07) is 14.1. The number of anilines is 1. The van der Waals surface area contributed by atoms with Crippen LogP contribution in [0.25, 0.3) is 0 Å². The van der Waals surface area contributed by atoms with Crippen LogP contribution in [0.2, 0.25) is 0 Å². The second-order valence-corrected chi connectivity index (χ2v) is 6.37. The van der Waals surface area contributed by atoms with Gasteiger partial charge in [0.15, 0.2) is 0 Å². The van der Waals surface area contributed by atoms with Crippen LogP contribution in [0.4, 0.5) is 10.5 Å². The van der Waals surface area contributed by atoms with E-state index >= 15 is 0 Å². The summed E-state index contributed by atoms with van der Waals surface area (Å²) in [6.07, 6.45) is 1.87. The van der Waals surface area contributed by atoms with Crippen molar-refractivity contribution < 1.29 is 9.90 Å². The Morgan fingerprint density at radius 1 is 1.17 bits per heavy atom. The number of nitrogens with one attached hydrogen (secondary N) is 1. The summed E-state index contributed by atoms with van der Waals surface area (Å²) >= 11 is 0. The number of aliphatic hydroxyl groups is 1. The van der Waals surface area contributed by atoms with E-state index in [2.05, 4.69) is 17.4 Å². The molecule has 1 unspecified atom stereocenters. The molecular formula is C20H24N2O2. The lowest BCUT2D eigenvalue weighted by molar-refractivity contribution is 0.162. The van der Waals surface area contributed by atoms with E-state index < -0.39 is 0 Å². The van der Waals surface area contributed by atoms with E-state index in [4.69, 9.17) is 0 Å². The molecule has 2 aromatic carbocycles. The van der Waals surface area contributed by atoms with Crippen LogP contribution < -0.4 is 5.32 Å². The van der Waals surface area contributed by atoms with Gasteiger partial charge in [-0.1, -0.05) is 42.5 Å². The molecule has 2 aromatic rings.